The van der Waals surface area contributed by atoms with Gasteiger partial charge in [-0.2, -0.15) is 0 Å². The predicted molar refractivity (Wildman–Crippen MR) is 135 cm³/mol. The van der Waals surface area contributed by atoms with Crippen molar-refractivity contribution in [2.24, 2.45) is 0 Å². The fourth-order valence-corrected chi connectivity index (χ4v) is 4.75. The van der Waals surface area contributed by atoms with Crippen LogP contribution in [0.4, 0.5) is 5.69 Å². The Morgan fingerprint density at radius 3 is 2.64 bits per heavy atom. The zero-order valence-electron chi connectivity index (χ0n) is 18.8. The average molecular weight is 437 g/mol. The summed E-state index contributed by atoms with van der Waals surface area (Å²) in [6.07, 6.45) is 5.50. The van der Waals surface area contributed by atoms with Crippen LogP contribution in [0.25, 0.3) is 33.4 Å². The van der Waals surface area contributed by atoms with Crippen LogP contribution in [0.1, 0.15) is 24.3 Å². The zero-order valence-corrected chi connectivity index (χ0v) is 18.8. The van der Waals surface area contributed by atoms with Gasteiger partial charge in [-0.25, -0.2) is 4.98 Å². The fraction of sp³-hybridized carbons (Fsp3) is 0.214. The first-order valence-electron chi connectivity index (χ1n) is 11.4. The van der Waals surface area contributed by atoms with Crippen molar-refractivity contribution in [2.75, 3.05) is 25.5 Å². The lowest BCUT2D eigenvalue weighted by Crippen LogP contribution is -2.29. The van der Waals surface area contributed by atoms with E-state index in [1.54, 1.807) is 6.20 Å². The van der Waals surface area contributed by atoms with Crippen molar-refractivity contribution in [1.29, 1.82) is 0 Å². The number of hydrogen-bond acceptors (Lipinski definition) is 3. The number of nitrogens with zero attached hydrogens (tertiary/aromatic N) is 2. The molecule has 3 heterocycles. The summed E-state index contributed by atoms with van der Waals surface area (Å²) in [6, 6.07) is 20.9. The molecule has 5 rings (SSSR count). The quantitative estimate of drug-likeness (QED) is 0.387. The Morgan fingerprint density at radius 2 is 1.88 bits per heavy atom. The number of likely N-dealkylation sites (tertiary alicyclic amines) is 1. The number of carbonyl (C=O) groups is 1. The molecule has 1 amide bonds. The van der Waals surface area contributed by atoms with Gasteiger partial charge in [-0.05, 0) is 85.9 Å². The van der Waals surface area contributed by atoms with Gasteiger partial charge in [0, 0.05) is 22.8 Å². The van der Waals surface area contributed by atoms with E-state index in [4.69, 9.17) is 0 Å². The van der Waals surface area contributed by atoms with Crippen molar-refractivity contribution in [3.05, 3.63) is 85.1 Å². The molecule has 1 fully saturated rings. The Balaban J connectivity index is 1.55. The lowest BCUT2D eigenvalue weighted by atomic mass is 9.88. The van der Waals surface area contributed by atoms with Gasteiger partial charge >= 0.3 is 0 Å². The molecule has 0 spiro atoms. The first-order chi connectivity index (χ1) is 16.1. The third kappa shape index (κ3) is 4.32. The maximum absolute atomic E-state index is 11.8. The van der Waals surface area contributed by atoms with E-state index in [9.17, 15) is 4.79 Å². The molecular formula is C28H28N4O. The van der Waals surface area contributed by atoms with Gasteiger partial charge in [-0.3, -0.25) is 4.79 Å². The van der Waals surface area contributed by atoms with Crippen LogP contribution in [0.2, 0.25) is 0 Å². The van der Waals surface area contributed by atoms with Gasteiger partial charge < -0.3 is 15.2 Å². The molecular weight excluding hydrogens is 408 g/mol. The van der Waals surface area contributed by atoms with Crippen LogP contribution in [-0.4, -0.2) is 40.9 Å². The van der Waals surface area contributed by atoms with Crippen LogP contribution in [0.3, 0.4) is 0 Å². The molecule has 0 bridgehead atoms. The average Bonchev–Trinajstić information content (AvgIpc) is 3.24. The van der Waals surface area contributed by atoms with Crippen molar-refractivity contribution in [3.8, 4) is 22.4 Å². The number of benzene rings is 2. The third-order valence-corrected chi connectivity index (χ3v) is 6.56. The van der Waals surface area contributed by atoms with Gasteiger partial charge in [0.25, 0.3) is 0 Å². The number of anilines is 1. The number of piperidine rings is 1. The second-order valence-corrected chi connectivity index (χ2v) is 8.75. The number of carbonyl (C=O) groups excluding carboxylic acids is 1. The summed E-state index contributed by atoms with van der Waals surface area (Å²) in [5.41, 5.74) is 7.26. The Bertz CT molecular complexity index is 1300. The summed E-state index contributed by atoms with van der Waals surface area (Å²) in [5, 5.41) is 3.92. The van der Waals surface area contributed by atoms with Crippen LogP contribution < -0.4 is 5.32 Å². The minimum atomic E-state index is -0.225. The molecule has 0 aliphatic carbocycles. The zero-order chi connectivity index (χ0) is 22.8. The number of rotatable bonds is 5. The molecule has 1 aliphatic heterocycles. The first-order valence-corrected chi connectivity index (χ1v) is 11.4. The summed E-state index contributed by atoms with van der Waals surface area (Å²) in [6.45, 7) is 5.85. The summed E-state index contributed by atoms with van der Waals surface area (Å²) in [4.78, 5) is 22.3. The SMILES string of the molecule is C=CC(=O)Nc1cccc(-c2c(-c3ccc(C4CCN(C)CC4)cc3)[nH]c3ncccc23)c1. The van der Waals surface area contributed by atoms with E-state index in [0.29, 0.717) is 5.92 Å². The van der Waals surface area contributed by atoms with Gasteiger partial charge in [0.05, 0.1) is 5.69 Å². The number of pyridine rings is 1. The minimum absolute atomic E-state index is 0.225. The van der Waals surface area contributed by atoms with E-state index >= 15 is 0 Å². The molecule has 5 heteroatoms. The van der Waals surface area contributed by atoms with E-state index in [2.05, 4.69) is 70.2 Å². The van der Waals surface area contributed by atoms with Crippen LogP contribution in [0, 0.1) is 0 Å². The van der Waals surface area contributed by atoms with Crippen molar-refractivity contribution in [2.45, 2.75) is 18.8 Å². The molecule has 5 nitrogen and oxygen atoms in total. The normalized spacial score (nSPS) is 14.9. The van der Waals surface area contributed by atoms with E-state index in [0.717, 1.165) is 52.2 Å². The highest BCUT2D eigenvalue weighted by Crippen LogP contribution is 2.39. The molecule has 2 aromatic heterocycles. The fourth-order valence-electron chi connectivity index (χ4n) is 4.75. The largest absolute Gasteiger partial charge is 0.339 e. The second-order valence-electron chi connectivity index (χ2n) is 8.75. The summed E-state index contributed by atoms with van der Waals surface area (Å²) in [7, 11) is 2.20. The van der Waals surface area contributed by atoms with Gasteiger partial charge in [0.15, 0.2) is 0 Å². The van der Waals surface area contributed by atoms with E-state index in [1.807, 2.05) is 24.3 Å². The molecule has 1 aliphatic rings. The van der Waals surface area contributed by atoms with Crippen LogP contribution >= 0.6 is 0 Å². The minimum Gasteiger partial charge on any atom is -0.339 e. The number of nitrogens with one attached hydrogen (secondary N) is 2. The smallest absolute Gasteiger partial charge is 0.247 e. The predicted octanol–water partition coefficient (Wildman–Crippen LogP) is 5.83. The molecule has 166 valence electrons. The van der Waals surface area contributed by atoms with Crippen molar-refractivity contribution in [3.63, 3.8) is 0 Å². The molecule has 2 aromatic carbocycles. The maximum Gasteiger partial charge on any atom is 0.247 e. The van der Waals surface area contributed by atoms with Crippen LogP contribution in [0.15, 0.2) is 79.5 Å². The Morgan fingerprint density at radius 1 is 1.09 bits per heavy atom. The Labute approximate surface area is 194 Å². The Kier molecular flexibility index (Phi) is 5.80. The lowest BCUT2D eigenvalue weighted by molar-refractivity contribution is -0.111. The number of amides is 1. The van der Waals surface area contributed by atoms with Gasteiger partial charge in [-0.1, -0.05) is 43.0 Å². The first kappa shape index (κ1) is 21.2. The number of aromatic amines is 1. The highest BCUT2D eigenvalue weighted by molar-refractivity contribution is 6.04. The number of fused-ring (bicyclic) bond motifs is 1. The lowest BCUT2D eigenvalue weighted by Gasteiger charge is -2.29. The molecule has 0 radical (unpaired) electrons. The highest BCUT2D eigenvalue weighted by Gasteiger charge is 2.20. The van der Waals surface area contributed by atoms with Crippen LogP contribution in [-0.2, 0) is 4.79 Å². The van der Waals surface area contributed by atoms with Gasteiger partial charge in [0.1, 0.15) is 5.65 Å². The van der Waals surface area contributed by atoms with Gasteiger partial charge in [0.2, 0.25) is 5.91 Å². The molecule has 2 N–H and O–H groups in total. The molecule has 4 aromatic rings. The number of aromatic nitrogens is 2. The van der Waals surface area contributed by atoms with E-state index in [-0.39, 0.29) is 5.91 Å². The van der Waals surface area contributed by atoms with Crippen molar-refractivity contribution in [1.82, 2.24) is 14.9 Å². The Hall–Kier alpha value is -3.70. The number of hydrogen-bond donors (Lipinski definition) is 2. The molecule has 0 saturated carbocycles. The molecule has 0 atom stereocenters. The maximum atomic E-state index is 11.8. The summed E-state index contributed by atoms with van der Waals surface area (Å²) < 4.78 is 0. The van der Waals surface area contributed by atoms with Crippen LogP contribution in [0.5, 0.6) is 0 Å². The topological polar surface area (TPSA) is 61.0 Å². The monoisotopic (exact) mass is 436 g/mol. The molecule has 33 heavy (non-hydrogen) atoms. The number of H-pyrrole nitrogens is 1. The summed E-state index contributed by atoms with van der Waals surface area (Å²) >= 11 is 0. The van der Waals surface area contributed by atoms with Crippen molar-refractivity contribution < 1.29 is 4.79 Å². The second kappa shape index (κ2) is 9.04. The van der Waals surface area contributed by atoms with Crippen molar-refractivity contribution >= 4 is 22.6 Å². The highest BCUT2D eigenvalue weighted by atomic mass is 16.1. The van der Waals surface area contributed by atoms with E-state index < -0.39 is 0 Å². The third-order valence-electron chi connectivity index (χ3n) is 6.56. The standard InChI is InChI=1S/C28H28N4O/c1-3-25(33)30-23-7-4-6-22(18-23)26-24-8-5-15-29-28(24)31-27(26)21-11-9-19(10-12-21)20-13-16-32(2)17-14-20/h3-12,15,18,20H,1,13-14,16-17H2,2H3,(H,29,31)(H,30,33). The van der Waals surface area contributed by atoms with Gasteiger partial charge in [-0.15, -0.1) is 0 Å². The molecule has 1 saturated heterocycles. The molecule has 0 unspecified atom stereocenters. The summed E-state index contributed by atoms with van der Waals surface area (Å²) in [5.74, 6) is 0.404. The van der Waals surface area contributed by atoms with E-state index in [1.165, 1.54) is 24.5 Å².